The Morgan fingerprint density at radius 3 is 2.83 bits per heavy atom. The highest BCUT2D eigenvalue weighted by atomic mass is 16.1. The molecule has 4 heteroatoms. The van der Waals surface area contributed by atoms with Crippen LogP contribution in [-0.2, 0) is 0 Å². The molecule has 1 aliphatic carbocycles. The van der Waals surface area contributed by atoms with Crippen molar-refractivity contribution in [3.63, 3.8) is 0 Å². The van der Waals surface area contributed by atoms with Crippen molar-refractivity contribution < 1.29 is 4.79 Å². The maximum Gasteiger partial charge on any atom is 0.270 e. The second-order valence-corrected chi connectivity index (χ2v) is 6.76. The van der Waals surface area contributed by atoms with Crippen molar-refractivity contribution in [1.82, 2.24) is 15.2 Å². The number of hydrogen-bond acceptors (Lipinski definition) is 3. The van der Waals surface area contributed by atoms with Crippen LogP contribution in [0.15, 0.2) is 36.5 Å². The van der Waals surface area contributed by atoms with E-state index >= 15 is 0 Å². The van der Waals surface area contributed by atoms with E-state index in [1.165, 1.54) is 32.1 Å². The summed E-state index contributed by atoms with van der Waals surface area (Å²) in [6.07, 6.45) is 9.43. The number of amides is 1. The van der Waals surface area contributed by atoms with Gasteiger partial charge in [0.25, 0.3) is 5.91 Å². The van der Waals surface area contributed by atoms with Gasteiger partial charge in [-0.3, -0.25) is 9.78 Å². The van der Waals surface area contributed by atoms with Gasteiger partial charge in [0, 0.05) is 24.2 Å². The Hall–Kier alpha value is -1.94. The standard InChI is InChI=1S/C20H27N3O/c1-23(17-9-3-2-4-10-17)15-7-13-22-20(24)19-18-11-6-5-8-16(18)12-14-21-19/h5-6,8,11-12,14,17H,2-4,7,9-10,13,15H2,1H3,(H,22,24). The first kappa shape index (κ1) is 16.9. The van der Waals surface area contributed by atoms with Crippen LogP contribution in [0.1, 0.15) is 49.0 Å². The molecule has 0 unspecified atom stereocenters. The summed E-state index contributed by atoms with van der Waals surface area (Å²) in [5.74, 6) is -0.0767. The van der Waals surface area contributed by atoms with E-state index in [0.29, 0.717) is 12.2 Å². The smallest absolute Gasteiger partial charge is 0.270 e. The molecule has 1 amide bonds. The first-order chi connectivity index (χ1) is 11.8. The Bertz CT molecular complexity index is 674. The molecule has 0 radical (unpaired) electrons. The number of pyridine rings is 1. The zero-order valence-corrected chi connectivity index (χ0v) is 14.5. The van der Waals surface area contributed by atoms with Gasteiger partial charge in [0.15, 0.2) is 0 Å². The molecule has 0 bridgehead atoms. The van der Waals surface area contributed by atoms with Crippen molar-refractivity contribution in [3.8, 4) is 0 Å². The number of nitrogens with one attached hydrogen (secondary N) is 1. The lowest BCUT2D eigenvalue weighted by Crippen LogP contribution is -2.36. The zero-order chi connectivity index (χ0) is 16.8. The topological polar surface area (TPSA) is 45.2 Å². The average Bonchev–Trinajstić information content (AvgIpc) is 2.65. The zero-order valence-electron chi connectivity index (χ0n) is 14.5. The van der Waals surface area contributed by atoms with Crippen molar-refractivity contribution in [2.24, 2.45) is 0 Å². The van der Waals surface area contributed by atoms with E-state index in [4.69, 9.17) is 0 Å². The minimum absolute atomic E-state index is 0.0767. The maximum absolute atomic E-state index is 12.4. The van der Waals surface area contributed by atoms with E-state index in [0.717, 1.165) is 29.8 Å². The van der Waals surface area contributed by atoms with E-state index in [1.54, 1.807) is 6.20 Å². The van der Waals surface area contributed by atoms with Crippen molar-refractivity contribution in [2.45, 2.75) is 44.6 Å². The van der Waals surface area contributed by atoms with Gasteiger partial charge in [0.1, 0.15) is 5.69 Å². The Morgan fingerprint density at radius 1 is 1.21 bits per heavy atom. The molecule has 1 aromatic heterocycles. The summed E-state index contributed by atoms with van der Waals surface area (Å²) in [7, 11) is 2.21. The first-order valence-corrected chi connectivity index (χ1v) is 9.08. The Labute approximate surface area is 144 Å². The first-order valence-electron chi connectivity index (χ1n) is 9.08. The van der Waals surface area contributed by atoms with Gasteiger partial charge in [-0.15, -0.1) is 0 Å². The van der Waals surface area contributed by atoms with Crippen LogP contribution in [0.25, 0.3) is 10.8 Å². The van der Waals surface area contributed by atoms with Gasteiger partial charge in [0.05, 0.1) is 0 Å². The molecular formula is C20H27N3O. The Balaban J connectivity index is 1.48. The fourth-order valence-electron chi connectivity index (χ4n) is 3.62. The Morgan fingerprint density at radius 2 is 2.00 bits per heavy atom. The Kier molecular flexibility index (Phi) is 5.81. The summed E-state index contributed by atoms with van der Waals surface area (Å²) < 4.78 is 0. The molecule has 1 heterocycles. The van der Waals surface area contributed by atoms with Crippen LogP contribution in [0.4, 0.5) is 0 Å². The summed E-state index contributed by atoms with van der Waals surface area (Å²) >= 11 is 0. The molecule has 0 spiro atoms. The van der Waals surface area contributed by atoms with E-state index in [-0.39, 0.29) is 5.91 Å². The largest absolute Gasteiger partial charge is 0.351 e. The third-order valence-corrected chi connectivity index (χ3v) is 5.06. The summed E-state index contributed by atoms with van der Waals surface area (Å²) in [4.78, 5) is 19.1. The molecule has 0 atom stereocenters. The molecule has 0 saturated heterocycles. The third-order valence-electron chi connectivity index (χ3n) is 5.06. The van der Waals surface area contributed by atoms with Gasteiger partial charge in [-0.2, -0.15) is 0 Å². The fourth-order valence-corrected chi connectivity index (χ4v) is 3.62. The summed E-state index contributed by atoms with van der Waals surface area (Å²) in [6.45, 7) is 1.73. The second-order valence-electron chi connectivity index (χ2n) is 6.76. The molecule has 1 N–H and O–H groups in total. The van der Waals surface area contributed by atoms with Crippen molar-refractivity contribution in [3.05, 3.63) is 42.2 Å². The van der Waals surface area contributed by atoms with Crippen molar-refractivity contribution >= 4 is 16.7 Å². The van der Waals surface area contributed by atoms with Gasteiger partial charge < -0.3 is 10.2 Å². The molecule has 3 rings (SSSR count). The number of nitrogens with zero attached hydrogens (tertiary/aromatic N) is 2. The van der Waals surface area contributed by atoms with Crippen LogP contribution in [0.2, 0.25) is 0 Å². The number of fused-ring (bicyclic) bond motifs is 1. The van der Waals surface area contributed by atoms with Crippen LogP contribution in [0, 0.1) is 0 Å². The predicted molar refractivity (Wildman–Crippen MR) is 98.2 cm³/mol. The number of carbonyl (C=O) groups is 1. The minimum Gasteiger partial charge on any atom is -0.351 e. The maximum atomic E-state index is 12.4. The minimum atomic E-state index is -0.0767. The molecule has 1 aliphatic rings. The molecule has 1 saturated carbocycles. The van der Waals surface area contributed by atoms with Gasteiger partial charge >= 0.3 is 0 Å². The van der Waals surface area contributed by atoms with Crippen LogP contribution in [0.3, 0.4) is 0 Å². The van der Waals surface area contributed by atoms with Gasteiger partial charge in [0.2, 0.25) is 0 Å². The second kappa shape index (κ2) is 8.25. The quantitative estimate of drug-likeness (QED) is 0.825. The lowest BCUT2D eigenvalue weighted by Gasteiger charge is -2.31. The van der Waals surface area contributed by atoms with Crippen LogP contribution in [0.5, 0.6) is 0 Å². The average molecular weight is 325 g/mol. The summed E-state index contributed by atoms with van der Waals surface area (Å²) in [5, 5.41) is 4.99. The highest BCUT2D eigenvalue weighted by Crippen LogP contribution is 2.21. The number of aromatic nitrogens is 1. The normalized spacial score (nSPS) is 15.8. The van der Waals surface area contributed by atoms with E-state index < -0.39 is 0 Å². The third kappa shape index (κ3) is 4.12. The molecule has 128 valence electrons. The van der Waals surface area contributed by atoms with Crippen LogP contribution >= 0.6 is 0 Å². The molecular weight excluding hydrogens is 298 g/mol. The highest BCUT2D eigenvalue weighted by Gasteiger charge is 2.17. The van der Waals surface area contributed by atoms with Gasteiger partial charge in [-0.1, -0.05) is 43.5 Å². The lowest BCUT2D eigenvalue weighted by molar-refractivity contribution is 0.0947. The van der Waals surface area contributed by atoms with Crippen molar-refractivity contribution in [1.29, 1.82) is 0 Å². The van der Waals surface area contributed by atoms with Crippen LogP contribution in [-0.4, -0.2) is 42.0 Å². The number of hydrogen-bond donors (Lipinski definition) is 1. The highest BCUT2D eigenvalue weighted by molar-refractivity contribution is 6.05. The fraction of sp³-hybridized carbons (Fsp3) is 0.500. The van der Waals surface area contributed by atoms with Crippen molar-refractivity contribution in [2.75, 3.05) is 20.1 Å². The molecule has 2 aromatic rings. The molecule has 1 aromatic carbocycles. The summed E-state index contributed by atoms with van der Waals surface area (Å²) in [5.41, 5.74) is 0.522. The van der Waals surface area contributed by atoms with Gasteiger partial charge in [-0.25, -0.2) is 0 Å². The molecule has 1 fully saturated rings. The summed E-state index contributed by atoms with van der Waals surface area (Å²) in [6, 6.07) is 10.5. The van der Waals surface area contributed by atoms with E-state index in [2.05, 4.69) is 22.2 Å². The monoisotopic (exact) mass is 325 g/mol. The molecule has 24 heavy (non-hydrogen) atoms. The predicted octanol–water partition coefficient (Wildman–Crippen LogP) is 3.62. The van der Waals surface area contributed by atoms with E-state index in [1.807, 2.05) is 30.3 Å². The lowest BCUT2D eigenvalue weighted by atomic mass is 9.94. The molecule has 0 aliphatic heterocycles. The number of rotatable bonds is 6. The van der Waals surface area contributed by atoms with E-state index in [9.17, 15) is 4.79 Å². The SMILES string of the molecule is CN(CCCNC(=O)c1nccc2ccccc12)C1CCCCC1. The number of carbonyl (C=O) groups excluding carboxylic acids is 1. The molecule has 4 nitrogen and oxygen atoms in total. The number of benzene rings is 1. The van der Waals surface area contributed by atoms with Crippen LogP contribution < -0.4 is 5.32 Å². The van der Waals surface area contributed by atoms with Gasteiger partial charge in [-0.05, 0) is 44.3 Å².